The fourth-order valence-electron chi connectivity index (χ4n) is 3.45. The Bertz CT molecular complexity index is 989. The van der Waals surface area contributed by atoms with Crippen molar-refractivity contribution < 1.29 is 4.79 Å². The molecule has 0 fully saturated rings. The largest absolute Gasteiger partial charge is 0.309 e. The summed E-state index contributed by atoms with van der Waals surface area (Å²) in [5.74, 6) is -0.0362. The van der Waals surface area contributed by atoms with Crippen LogP contribution in [0.3, 0.4) is 0 Å². The van der Waals surface area contributed by atoms with Gasteiger partial charge in [-0.05, 0) is 38.2 Å². The summed E-state index contributed by atoms with van der Waals surface area (Å²) in [5.41, 5.74) is 4.51. The Labute approximate surface area is 150 Å². The van der Waals surface area contributed by atoms with Gasteiger partial charge in [0.2, 0.25) is 0 Å². The highest BCUT2D eigenvalue weighted by atomic mass is 35.5. The van der Waals surface area contributed by atoms with E-state index in [0.717, 1.165) is 40.7 Å². The van der Waals surface area contributed by atoms with Gasteiger partial charge in [0, 0.05) is 23.1 Å². The van der Waals surface area contributed by atoms with Crippen LogP contribution in [0.15, 0.2) is 36.4 Å². The van der Waals surface area contributed by atoms with Crippen LogP contribution in [0.25, 0.3) is 22.2 Å². The zero-order valence-corrected chi connectivity index (χ0v) is 14.9. The first kappa shape index (κ1) is 15.7. The second-order valence-electron chi connectivity index (χ2n) is 6.32. The molecule has 2 heterocycles. The fraction of sp³-hybridized carbons (Fsp3) is 0.211. The Morgan fingerprint density at radius 2 is 1.75 bits per heavy atom. The van der Waals surface area contributed by atoms with Gasteiger partial charge >= 0.3 is 0 Å². The summed E-state index contributed by atoms with van der Waals surface area (Å²) in [4.78, 5) is 15.1. The normalized spacial score (nSPS) is 13.0. The van der Waals surface area contributed by atoms with E-state index in [9.17, 15) is 4.79 Å². The molecule has 122 valence electrons. The first-order valence-corrected chi connectivity index (χ1v) is 8.56. The monoisotopic (exact) mass is 358 g/mol. The van der Waals surface area contributed by atoms with E-state index in [4.69, 9.17) is 23.2 Å². The zero-order valence-electron chi connectivity index (χ0n) is 13.4. The molecule has 4 rings (SSSR count). The third-order valence-corrected chi connectivity index (χ3v) is 5.35. The Morgan fingerprint density at radius 3 is 2.46 bits per heavy atom. The first-order valence-electron chi connectivity index (χ1n) is 7.81. The van der Waals surface area contributed by atoms with E-state index in [1.165, 1.54) is 0 Å². The zero-order chi connectivity index (χ0) is 17.0. The van der Waals surface area contributed by atoms with Crippen molar-refractivity contribution in [3.8, 4) is 11.3 Å². The molecule has 0 spiro atoms. The van der Waals surface area contributed by atoms with Crippen molar-refractivity contribution in [2.24, 2.45) is 0 Å². The number of carbonyl (C=O) groups excluding carboxylic acids is 1. The molecule has 1 aliphatic rings. The summed E-state index contributed by atoms with van der Waals surface area (Å²) in [5, 5.41) is 1.91. The molecule has 3 aromatic rings. The van der Waals surface area contributed by atoms with Crippen LogP contribution in [0.1, 0.15) is 15.9 Å². The maximum Gasteiger partial charge on any atom is 0.263 e. The molecule has 0 atom stereocenters. The van der Waals surface area contributed by atoms with E-state index in [1.807, 2.05) is 44.4 Å². The van der Waals surface area contributed by atoms with Crippen LogP contribution in [0.5, 0.6) is 0 Å². The summed E-state index contributed by atoms with van der Waals surface area (Å²) < 4.78 is 1.74. The van der Waals surface area contributed by atoms with Crippen LogP contribution in [0.4, 0.5) is 0 Å². The van der Waals surface area contributed by atoms with Crippen LogP contribution < -0.4 is 0 Å². The lowest BCUT2D eigenvalue weighted by atomic mass is 10.00. The lowest BCUT2D eigenvalue weighted by molar-refractivity contribution is 0.0973. The van der Waals surface area contributed by atoms with Crippen LogP contribution in [-0.2, 0) is 6.42 Å². The number of hydrogen-bond acceptors (Lipinski definition) is 2. The Kier molecular flexibility index (Phi) is 3.68. The highest BCUT2D eigenvalue weighted by molar-refractivity contribution is 6.45. The van der Waals surface area contributed by atoms with Gasteiger partial charge in [0.05, 0.1) is 21.3 Å². The quantitative estimate of drug-likeness (QED) is 0.529. The molecule has 0 unspecified atom stereocenters. The lowest BCUT2D eigenvalue weighted by Gasteiger charge is -2.10. The molecule has 0 saturated heterocycles. The highest BCUT2D eigenvalue weighted by Gasteiger charge is 2.33. The van der Waals surface area contributed by atoms with Gasteiger partial charge in [0.25, 0.3) is 5.91 Å². The molecule has 0 N–H and O–H groups in total. The highest BCUT2D eigenvalue weighted by Crippen LogP contribution is 2.44. The van der Waals surface area contributed by atoms with Crippen molar-refractivity contribution >= 4 is 40.0 Å². The average Bonchev–Trinajstić information content (AvgIpc) is 3.04. The Balaban J connectivity index is 2.09. The molecule has 0 bridgehead atoms. The molecule has 2 aromatic carbocycles. The third-order valence-electron chi connectivity index (χ3n) is 4.55. The number of hydrogen-bond donors (Lipinski definition) is 0. The van der Waals surface area contributed by atoms with Crippen LogP contribution in [0.2, 0.25) is 10.0 Å². The van der Waals surface area contributed by atoms with Crippen molar-refractivity contribution in [1.82, 2.24) is 9.47 Å². The Morgan fingerprint density at radius 1 is 1.04 bits per heavy atom. The van der Waals surface area contributed by atoms with Crippen LogP contribution in [-0.4, -0.2) is 36.0 Å². The van der Waals surface area contributed by atoms with Gasteiger partial charge in [-0.3, -0.25) is 9.36 Å². The van der Waals surface area contributed by atoms with Crippen molar-refractivity contribution in [3.05, 3.63) is 57.6 Å². The fourth-order valence-corrected chi connectivity index (χ4v) is 3.85. The summed E-state index contributed by atoms with van der Waals surface area (Å²) in [6, 6.07) is 11.5. The summed E-state index contributed by atoms with van der Waals surface area (Å²) >= 11 is 12.7. The van der Waals surface area contributed by atoms with E-state index in [2.05, 4.69) is 4.90 Å². The van der Waals surface area contributed by atoms with E-state index in [0.29, 0.717) is 15.6 Å². The average molecular weight is 359 g/mol. The maximum atomic E-state index is 13.0. The second-order valence-corrected chi connectivity index (χ2v) is 7.11. The standard InChI is InChI=1S/C19H16Cl2N2O/c1-22(2)10-9-13-12-7-8-15(20)16(21)18(12)23-17(13)11-5-3-4-6-14(11)19(23)24/h3-8H,9-10H2,1-2H3. The van der Waals surface area contributed by atoms with Crippen molar-refractivity contribution in [1.29, 1.82) is 0 Å². The number of fused-ring (bicyclic) bond motifs is 5. The summed E-state index contributed by atoms with van der Waals surface area (Å²) in [6.45, 7) is 0.892. The maximum absolute atomic E-state index is 13.0. The topological polar surface area (TPSA) is 25.2 Å². The molecule has 24 heavy (non-hydrogen) atoms. The van der Waals surface area contributed by atoms with E-state index in [-0.39, 0.29) is 5.91 Å². The van der Waals surface area contributed by atoms with Gasteiger partial charge in [-0.1, -0.05) is 47.5 Å². The van der Waals surface area contributed by atoms with E-state index >= 15 is 0 Å². The second kappa shape index (κ2) is 5.62. The smallest absolute Gasteiger partial charge is 0.263 e. The number of rotatable bonds is 3. The molecule has 0 saturated carbocycles. The van der Waals surface area contributed by atoms with Crippen molar-refractivity contribution in [3.63, 3.8) is 0 Å². The molecule has 0 aliphatic carbocycles. The SMILES string of the molecule is CN(C)CCc1c2n(c3c(Cl)c(Cl)ccc13)C(=O)c1ccccc1-2. The minimum Gasteiger partial charge on any atom is -0.309 e. The van der Waals surface area contributed by atoms with Gasteiger partial charge in [-0.2, -0.15) is 0 Å². The lowest BCUT2D eigenvalue weighted by Crippen LogP contribution is -2.15. The van der Waals surface area contributed by atoms with Gasteiger partial charge in [-0.15, -0.1) is 0 Å². The molecule has 1 aromatic heterocycles. The van der Waals surface area contributed by atoms with Crippen LogP contribution >= 0.6 is 23.2 Å². The summed E-state index contributed by atoms with van der Waals surface area (Å²) in [6.07, 6.45) is 0.839. The van der Waals surface area contributed by atoms with Crippen LogP contribution in [0, 0.1) is 0 Å². The molecule has 1 aliphatic heterocycles. The summed E-state index contributed by atoms with van der Waals surface area (Å²) in [7, 11) is 4.09. The molecular formula is C19H16Cl2N2O. The van der Waals surface area contributed by atoms with E-state index < -0.39 is 0 Å². The molecule has 0 amide bonds. The first-order chi connectivity index (χ1) is 11.5. The number of halogens is 2. The van der Waals surface area contributed by atoms with Gasteiger partial charge in [0.15, 0.2) is 0 Å². The van der Waals surface area contributed by atoms with Crippen molar-refractivity contribution in [2.45, 2.75) is 6.42 Å². The molecule has 5 heteroatoms. The predicted octanol–water partition coefficient (Wildman–Crippen LogP) is 4.72. The minimum atomic E-state index is -0.0362. The Hall–Kier alpha value is -1.81. The van der Waals surface area contributed by atoms with Gasteiger partial charge in [-0.25, -0.2) is 0 Å². The molecular weight excluding hydrogens is 343 g/mol. The number of nitrogens with zero attached hydrogens (tertiary/aromatic N) is 2. The minimum absolute atomic E-state index is 0.0362. The number of carbonyl (C=O) groups is 1. The molecule has 3 nitrogen and oxygen atoms in total. The third kappa shape index (κ3) is 2.12. The number of aromatic nitrogens is 1. The number of benzene rings is 2. The van der Waals surface area contributed by atoms with Crippen molar-refractivity contribution in [2.75, 3.05) is 20.6 Å². The number of likely N-dealkylation sites (N-methyl/N-ethyl adjacent to an activating group) is 1. The molecule has 0 radical (unpaired) electrons. The predicted molar refractivity (Wildman–Crippen MR) is 99.4 cm³/mol. The van der Waals surface area contributed by atoms with Gasteiger partial charge in [0.1, 0.15) is 0 Å². The van der Waals surface area contributed by atoms with E-state index in [1.54, 1.807) is 10.6 Å². The van der Waals surface area contributed by atoms with Gasteiger partial charge < -0.3 is 4.90 Å².